The number of aryl methyl sites for hydroxylation is 1. The lowest BCUT2D eigenvalue weighted by molar-refractivity contribution is 0.0924. The summed E-state index contributed by atoms with van der Waals surface area (Å²) in [5, 5.41) is 0. The molecule has 1 aromatic rings. The number of rotatable bonds is 2. The molecule has 0 N–H and O–H groups in total. The lowest BCUT2D eigenvalue weighted by Crippen LogP contribution is -2.42. The van der Waals surface area contributed by atoms with E-state index in [1.165, 1.54) is 50.8 Å². The molecule has 0 saturated carbocycles. The van der Waals surface area contributed by atoms with Crippen molar-refractivity contribution in [1.29, 1.82) is 0 Å². The molecule has 1 heteroatoms. The van der Waals surface area contributed by atoms with Crippen molar-refractivity contribution in [3.05, 3.63) is 34.9 Å². The highest BCUT2D eigenvalue weighted by atomic mass is 15.1. The number of hydrogen-bond acceptors (Lipinski definition) is 1. The van der Waals surface area contributed by atoms with E-state index in [1.54, 1.807) is 11.1 Å². The first kappa shape index (κ1) is 15.1. The molecule has 1 heterocycles. The topological polar surface area (TPSA) is 3.24 Å². The second-order valence-electron chi connectivity index (χ2n) is 8.21. The molecule has 1 atom stereocenters. The van der Waals surface area contributed by atoms with Crippen molar-refractivity contribution >= 4 is 0 Å². The zero-order valence-electron chi connectivity index (χ0n) is 14.3. The molecule has 1 aliphatic heterocycles. The van der Waals surface area contributed by atoms with Gasteiger partial charge in [0.05, 0.1) is 0 Å². The second kappa shape index (κ2) is 5.76. The van der Waals surface area contributed by atoms with E-state index in [9.17, 15) is 0 Å². The zero-order valence-corrected chi connectivity index (χ0v) is 14.3. The lowest BCUT2D eigenvalue weighted by atomic mass is 9.61. The van der Waals surface area contributed by atoms with Crippen molar-refractivity contribution in [2.24, 2.45) is 11.3 Å². The largest absolute Gasteiger partial charge is 0.306 e. The van der Waals surface area contributed by atoms with Gasteiger partial charge in [0.15, 0.2) is 0 Å². The van der Waals surface area contributed by atoms with Crippen molar-refractivity contribution in [2.45, 2.75) is 58.8 Å². The van der Waals surface area contributed by atoms with E-state index in [2.05, 4.69) is 50.9 Å². The number of benzene rings is 1. The van der Waals surface area contributed by atoms with Gasteiger partial charge in [-0.05, 0) is 87.5 Å². The molecule has 1 aromatic carbocycles. The quantitative estimate of drug-likeness (QED) is 0.755. The van der Waals surface area contributed by atoms with E-state index < -0.39 is 0 Å². The van der Waals surface area contributed by atoms with Gasteiger partial charge in [0.1, 0.15) is 0 Å². The molecule has 116 valence electrons. The van der Waals surface area contributed by atoms with E-state index in [-0.39, 0.29) is 0 Å². The molecule has 0 aromatic heterocycles. The Morgan fingerprint density at radius 1 is 1.24 bits per heavy atom. The summed E-state index contributed by atoms with van der Waals surface area (Å²) in [6.07, 6.45) is 6.89. The summed E-state index contributed by atoms with van der Waals surface area (Å²) in [6.45, 7) is 9.58. The van der Waals surface area contributed by atoms with Crippen LogP contribution in [-0.4, -0.2) is 25.0 Å². The van der Waals surface area contributed by atoms with Crippen LogP contribution in [0.25, 0.3) is 0 Å². The summed E-state index contributed by atoms with van der Waals surface area (Å²) in [5.41, 5.74) is 5.35. The van der Waals surface area contributed by atoms with Gasteiger partial charge in [-0.2, -0.15) is 0 Å². The van der Waals surface area contributed by atoms with Gasteiger partial charge in [-0.25, -0.2) is 0 Å². The van der Waals surface area contributed by atoms with Crippen LogP contribution in [0.4, 0.5) is 0 Å². The first-order chi connectivity index (χ1) is 9.97. The molecule has 0 bridgehead atoms. The second-order valence-corrected chi connectivity index (χ2v) is 8.21. The minimum absolute atomic E-state index is 0.590. The Hall–Kier alpha value is -0.820. The minimum Gasteiger partial charge on any atom is -0.306 e. The average molecular weight is 285 g/mol. The maximum Gasteiger partial charge on any atom is -0.00164 e. The van der Waals surface area contributed by atoms with Crippen LogP contribution in [0.1, 0.15) is 62.1 Å². The SMILES string of the molecule is Cc1ccc2c(c1)CC1(CCN(C)CC1)CC2CC(C)C. The van der Waals surface area contributed by atoms with Crippen LogP contribution >= 0.6 is 0 Å². The third-order valence-electron chi connectivity index (χ3n) is 5.79. The van der Waals surface area contributed by atoms with Gasteiger partial charge < -0.3 is 4.90 Å². The molecule has 1 unspecified atom stereocenters. The summed E-state index contributed by atoms with van der Waals surface area (Å²) in [4.78, 5) is 2.51. The minimum atomic E-state index is 0.590. The number of hydrogen-bond donors (Lipinski definition) is 0. The molecule has 0 radical (unpaired) electrons. The third kappa shape index (κ3) is 3.18. The van der Waals surface area contributed by atoms with Crippen LogP contribution in [0, 0.1) is 18.3 Å². The van der Waals surface area contributed by atoms with Crippen molar-refractivity contribution in [2.75, 3.05) is 20.1 Å². The van der Waals surface area contributed by atoms with Crippen LogP contribution in [0.2, 0.25) is 0 Å². The van der Waals surface area contributed by atoms with Crippen molar-refractivity contribution in [3.8, 4) is 0 Å². The molecule has 1 saturated heterocycles. The van der Waals surface area contributed by atoms with Gasteiger partial charge in [-0.15, -0.1) is 0 Å². The van der Waals surface area contributed by atoms with Crippen LogP contribution in [-0.2, 0) is 6.42 Å². The van der Waals surface area contributed by atoms with Gasteiger partial charge >= 0.3 is 0 Å². The van der Waals surface area contributed by atoms with Gasteiger partial charge in [0, 0.05) is 0 Å². The third-order valence-corrected chi connectivity index (χ3v) is 5.79. The maximum atomic E-state index is 2.51. The summed E-state index contributed by atoms with van der Waals surface area (Å²) >= 11 is 0. The average Bonchev–Trinajstić information content (AvgIpc) is 2.41. The van der Waals surface area contributed by atoms with E-state index in [4.69, 9.17) is 0 Å². The Bertz CT molecular complexity index is 495. The lowest BCUT2D eigenvalue weighted by Gasteiger charge is -2.47. The fourth-order valence-corrected chi connectivity index (χ4v) is 4.65. The maximum absolute atomic E-state index is 2.51. The zero-order chi connectivity index (χ0) is 15.0. The van der Waals surface area contributed by atoms with Gasteiger partial charge in [-0.3, -0.25) is 0 Å². The summed E-state index contributed by atoms with van der Waals surface area (Å²) in [5.74, 6) is 1.59. The summed E-state index contributed by atoms with van der Waals surface area (Å²) in [7, 11) is 2.28. The molecular weight excluding hydrogens is 254 g/mol. The highest BCUT2D eigenvalue weighted by molar-refractivity contribution is 5.37. The van der Waals surface area contributed by atoms with Crippen LogP contribution in [0.3, 0.4) is 0 Å². The van der Waals surface area contributed by atoms with Crippen molar-refractivity contribution in [3.63, 3.8) is 0 Å². The predicted molar refractivity (Wildman–Crippen MR) is 90.9 cm³/mol. The van der Waals surface area contributed by atoms with E-state index in [1.807, 2.05) is 0 Å². The molecule has 1 fully saturated rings. The summed E-state index contributed by atoms with van der Waals surface area (Å²) < 4.78 is 0. The number of fused-ring (bicyclic) bond motifs is 1. The van der Waals surface area contributed by atoms with E-state index >= 15 is 0 Å². The number of nitrogens with zero attached hydrogens (tertiary/aromatic N) is 1. The monoisotopic (exact) mass is 285 g/mol. The van der Waals surface area contributed by atoms with Gasteiger partial charge in [-0.1, -0.05) is 37.6 Å². The molecule has 0 amide bonds. The molecular formula is C20H31N. The normalized spacial score (nSPS) is 25.3. The Labute approximate surface area is 130 Å². The van der Waals surface area contributed by atoms with Crippen molar-refractivity contribution in [1.82, 2.24) is 4.90 Å². The van der Waals surface area contributed by atoms with Gasteiger partial charge in [0.25, 0.3) is 0 Å². The molecule has 21 heavy (non-hydrogen) atoms. The molecule has 2 aliphatic rings. The molecule has 3 rings (SSSR count). The Morgan fingerprint density at radius 2 is 1.95 bits per heavy atom. The number of likely N-dealkylation sites (tertiary alicyclic amines) is 1. The van der Waals surface area contributed by atoms with Crippen LogP contribution in [0.5, 0.6) is 0 Å². The fourth-order valence-electron chi connectivity index (χ4n) is 4.65. The van der Waals surface area contributed by atoms with Crippen molar-refractivity contribution < 1.29 is 0 Å². The molecule has 1 aliphatic carbocycles. The van der Waals surface area contributed by atoms with Gasteiger partial charge in [0.2, 0.25) is 0 Å². The van der Waals surface area contributed by atoms with E-state index in [0.29, 0.717) is 5.41 Å². The van der Waals surface area contributed by atoms with E-state index in [0.717, 1.165) is 11.8 Å². The number of piperidine rings is 1. The first-order valence-corrected chi connectivity index (χ1v) is 8.75. The Balaban J connectivity index is 1.91. The standard InChI is InChI=1S/C20H31N/c1-15(2)11-17-13-20(7-9-21(4)10-8-20)14-18-12-16(3)5-6-19(17)18/h5-6,12,15,17H,7-11,13-14H2,1-4H3. The van der Waals surface area contributed by atoms with Crippen LogP contribution < -0.4 is 0 Å². The smallest absolute Gasteiger partial charge is 0.00164 e. The molecule has 1 spiro atoms. The predicted octanol–water partition coefficient (Wildman–Crippen LogP) is 4.78. The first-order valence-electron chi connectivity index (χ1n) is 8.75. The summed E-state index contributed by atoms with van der Waals surface area (Å²) in [6, 6.07) is 7.22. The molecule has 1 nitrogen and oxygen atoms in total. The fraction of sp³-hybridized carbons (Fsp3) is 0.700. The highest BCUT2D eigenvalue weighted by Gasteiger charge is 2.40. The highest BCUT2D eigenvalue weighted by Crippen LogP contribution is 2.50. The Morgan fingerprint density at radius 3 is 2.62 bits per heavy atom. The van der Waals surface area contributed by atoms with Crippen LogP contribution in [0.15, 0.2) is 18.2 Å². The Kier molecular flexibility index (Phi) is 4.14.